The summed E-state index contributed by atoms with van der Waals surface area (Å²) in [4.78, 5) is 0. The van der Waals surface area contributed by atoms with Gasteiger partial charge in [-0.3, -0.25) is 5.43 Å². The number of nitrogens with one attached hydrogen (secondary N) is 1. The second kappa shape index (κ2) is 8.10. The van der Waals surface area contributed by atoms with Crippen molar-refractivity contribution in [2.24, 2.45) is 10.8 Å². The molecule has 2 aromatic rings. The van der Waals surface area contributed by atoms with Crippen LogP contribution in [0.25, 0.3) is 0 Å². The van der Waals surface area contributed by atoms with E-state index in [0.29, 0.717) is 26.9 Å². The highest BCUT2D eigenvalue weighted by atomic mass is 35.5. The van der Waals surface area contributed by atoms with Gasteiger partial charge in [-0.15, -0.1) is 0 Å². The Labute approximate surface area is 148 Å². The summed E-state index contributed by atoms with van der Waals surface area (Å²) in [5.74, 6) is 0.187. The monoisotopic (exact) mass is 371 g/mol. The summed E-state index contributed by atoms with van der Waals surface area (Å²) >= 11 is 16.9. The fourth-order valence-corrected chi connectivity index (χ4v) is 2.39. The predicted molar refractivity (Wildman–Crippen MR) is 94.7 cm³/mol. The van der Waals surface area contributed by atoms with E-state index in [1.54, 1.807) is 12.1 Å². The largest absolute Gasteiger partial charge is 0.489 e. The molecule has 8 heteroatoms. The quantitative estimate of drug-likeness (QED) is 0.475. The molecule has 0 fully saturated rings. The lowest BCUT2D eigenvalue weighted by Gasteiger charge is -2.11. The van der Waals surface area contributed by atoms with E-state index in [1.807, 2.05) is 0 Å². The molecule has 0 saturated heterocycles. The number of ether oxygens (including phenoxy) is 1. The molecular weight excluding hydrogens is 360 g/mol. The molecule has 2 aromatic carbocycles. The van der Waals surface area contributed by atoms with Crippen molar-refractivity contribution in [3.05, 3.63) is 63.4 Å². The van der Waals surface area contributed by atoms with E-state index < -0.39 is 0 Å². The molecule has 0 radical (unpaired) electrons. The molecular formula is C15H12Cl2FN3OS. The Morgan fingerprint density at radius 1 is 1.30 bits per heavy atom. The van der Waals surface area contributed by atoms with Crippen LogP contribution in [0.15, 0.2) is 41.5 Å². The summed E-state index contributed by atoms with van der Waals surface area (Å²) in [6.45, 7) is 0.181. The number of nitrogens with zero attached hydrogens (tertiary/aromatic N) is 1. The van der Waals surface area contributed by atoms with E-state index in [-0.39, 0.29) is 17.5 Å². The van der Waals surface area contributed by atoms with Crippen molar-refractivity contribution in [3.63, 3.8) is 0 Å². The summed E-state index contributed by atoms with van der Waals surface area (Å²) in [5, 5.41) is 4.79. The van der Waals surface area contributed by atoms with Crippen LogP contribution >= 0.6 is 35.4 Å². The lowest BCUT2D eigenvalue weighted by molar-refractivity contribution is 0.305. The summed E-state index contributed by atoms with van der Waals surface area (Å²) in [6.07, 6.45) is 1.47. The number of halogens is 3. The summed E-state index contributed by atoms with van der Waals surface area (Å²) in [6, 6.07) is 8.99. The number of hydrogen-bond acceptors (Lipinski definition) is 3. The first-order chi connectivity index (χ1) is 11.0. The van der Waals surface area contributed by atoms with Gasteiger partial charge in [-0.25, -0.2) is 4.39 Å². The van der Waals surface area contributed by atoms with Crippen molar-refractivity contribution in [2.75, 3.05) is 0 Å². The molecule has 0 heterocycles. The normalized spacial score (nSPS) is 10.7. The Morgan fingerprint density at radius 3 is 2.65 bits per heavy atom. The minimum absolute atomic E-state index is 0.0375. The van der Waals surface area contributed by atoms with Gasteiger partial charge < -0.3 is 10.5 Å². The number of thiocarbonyl (C=S) groups is 1. The molecule has 0 bridgehead atoms. The van der Waals surface area contributed by atoms with E-state index in [9.17, 15) is 4.39 Å². The fourth-order valence-electron chi connectivity index (χ4n) is 1.75. The number of hydrogen-bond donors (Lipinski definition) is 2. The average Bonchev–Trinajstić information content (AvgIpc) is 2.48. The van der Waals surface area contributed by atoms with Gasteiger partial charge >= 0.3 is 0 Å². The molecule has 4 nitrogen and oxygen atoms in total. The van der Waals surface area contributed by atoms with Crippen LogP contribution in [0.5, 0.6) is 5.75 Å². The van der Waals surface area contributed by atoms with E-state index in [4.69, 9.17) is 33.7 Å². The molecule has 0 aliphatic heterocycles. The van der Waals surface area contributed by atoms with Gasteiger partial charge in [0, 0.05) is 16.1 Å². The van der Waals surface area contributed by atoms with Crippen LogP contribution in [-0.4, -0.2) is 11.3 Å². The van der Waals surface area contributed by atoms with Crippen LogP contribution in [0, 0.1) is 5.82 Å². The van der Waals surface area contributed by atoms with Gasteiger partial charge in [-0.2, -0.15) is 5.10 Å². The summed E-state index contributed by atoms with van der Waals surface area (Å²) in [7, 11) is 0. The molecule has 0 unspecified atom stereocenters. The highest BCUT2D eigenvalue weighted by Crippen LogP contribution is 2.25. The fraction of sp³-hybridized carbons (Fsp3) is 0.0667. The van der Waals surface area contributed by atoms with Crippen molar-refractivity contribution >= 4 is 46.7 Å². The molecule has 0 atom stereocenters. The van der Waals surface area contributed by atoms with E-state index in [0.717, 1.165) is 0 Å². The Morgan fingerprint density at radius 2 is 2.00 bits per heavy atom. The van der Waals surface area contributed by atoms with Crippen molar-refractivity contribution in [1.82, 2.24) is 5.43 Å². The molecule has 2 rings (SSSR count). The summed E-state index contributed by atoms with van der Waals surface area (Å²) < 4.78 is 18.5. The smallest absolute Gasteiger partial charge is 0.184 e. The van der Waals surface area contributed by atoms with Crippen LogP contribution in [0.3, 0.4) is 0 Å². The van der Waals surface area contributed by atoms with Crippen LogP contribution < -0.4 is 15.9 Å². The number of rotatable bonds is 5. The van der Waals surface area contributed by atoms with Gasteiger partial charge in [0.05, 0.1) is 11.2 Å². The second-order valence-electron chi connectivity index (χ2n) is 4.44. The van der Waals surface area contributed by atoms with Gasteiger partial charge in [-0.1, -0.05) is 23.2 Å². The molecule has 3 N–H and O–H groups in total. The van der Waals surface area contributed by atoms with E-state index in [1.165, 1.54) is 30.5 Å². The molecule has 0 saturated carbocycles. The SMILES string of the molecule is NC(=S)NN=Cc1c(Cl)cc(Cl)cc1COc1ccc(F)cc1. The van der Waals surface area contributed by atoms with E-state index >= 15 is 0 Å². The zero-order valence-electron chi connectivity index (χ0n) is 11.7. The maximum Gasteiger partial charge on any atom is 0.184 e. The lowest BCUT2D eigenvalue weighted by Crippen LogP contribution is -2.24. The van der Waals surface area contributed by atoms with Crippen LogP contribution in [0.1, 0.15) is 11.1 Å². The molecule has 0 aromatic heterocycles. The highest BCUT2D eigenvalue weighted by molar-refractivity contribution is 7.80. The topological polar surface area (TPSA) is 59.6 Å². The molecule has 120 valence electrons. The number of benzene rings is 2. The minimum atomic E-state index is -0.334. The van der Waals surface area contributed by atoms with Crippen molar-refractivity contribution < 1.29 is 9.13 Å². The Kier molecular flexibility index (Phi) is 6.15. The third kappa shape index (κ3) is 5.35. The lowest BCUT2D eigenvalue weighted by atomic mass is 10.1. The first kappa shape index (κ1) is 17.5. The molecule has 0 spiro atoms. The van der Waals surface area contributed by atoms with Crippen molar-refractivity contribution in [3.8, 4) is 5.75 Å². The minimum Gasteiger partial charge on any atom is -0.489 e. The maximum absolute atomic E-state index is 12.9. The van der Waals surface area contributed by atoms with Crippen molar-refractivity contribution in [2.45, 2.75) is 6.61 Å². The first-order valence-corrected chi connectivity index (χ1v) is 7.57. The highest BCUT2D eigenvalue weighted by Gasteiger charge is 2.09. The zero-order valence-corrected chi connectivity index (χ0v) is 14.1. The Bertz CT molecular complexity index is 738. The van der Waals surface area contributed by atoms with Gasteiger partial charge in [0.15, 0.2) is 5.11 Å². The van der Waals surface area contributed by atoms with E-state index in [2.05, 4.69) is 22.7 Å². The molecule has 23 heavy (non-hydrogen) atoms. The van der Waals surface area contributed by atoms with Crippen LogP contribution in [0.4, 0.5) is 4.39 Å². The van der Waals surface area contributed by atoms with Gasteiger partial charge in [-0.05, 0) is 48.6 Å². The molecule has 0 aliphatic carbocycles. The third-order valence-electron chi connectivity index (χ3n) is 2.76. The van der Waals surface area contributed by atoms with Crippen LogP contribution in [0.2, 0.25) is 10.0 Å². The average molecular weight is 372 g/mol. The van der Waals surface area contributed by atoms with Gasteiger partial charge in [0.25, 0.3) is 0 Å². The van der Waals surface area contributed by atoms with Crippen molar-refractivity contribution in [1.29, 1.82) is 0 Å². The zero-order chi connectivity index (χ0) is 16.8. The standard InChI is InChI=1S/C15H12Cl2FN3OS/c16-10-5-9(8-22-12-3-1-11(18)2-4-12)13(14(17)6-10)7-20-21-15(19)23/h1-7H,8H2,(H3,19,21,23). The van der Waals surface area contributed by atoms with Gasteiger partial charge in [0.2, 0.25) is 0 Å². The third-order valence-corrected chi connectivity index (χ3v) is 3.38. The Hall–Kier alpha value is -1.89. The summed E-state index contributed by atoms with van der Waals surface area (Å²) in [5.41, 5.74) is 9.07. The second-order valence-corrected chi connectivity index (χ2v) is 5.72. The molecule has 0 amide bonds. The predicted octanol–water partition coefficient (Wildman–Crippen LogP) is 3.88. The van der Waals surface area contributed by atoms with Gasteiger partial charge in [0.1, 0.15) is 18.2 Å². The maximum atomic E-state index is 12.9. The number of nitrogens with two attached hydrogens (primary N) is 1. The number of hydrazone groups is 1. The molecule has 0 aliphatic rings. The van der Waals surface area contributed by atoms with Crippen LogP contribution in [-0.2, 0) is 6.61 Å². The Balaban J connectivity index is 2.20. The first-order valence-electron chi connectivity index (χ1n) is 6.40.